The van der Waals surface area contributed by atoms with Crippen molar-refractivity contribution in [3.63, 3.8) is 0 Å². The van der Waals surface area contributed by atoms with E-state index in [1.54, 1.807) is 23.7 Å². The molecule has 0 bridgehead atoms. The molecule has 1 N–H and O–H groups in total. The van der Waals surface area contributed by atoms with Crippen LogP contribution < -0.4 is 5.32 Å². The molecule has 24 heavy (non-hydrogen) atoms. The molecule has 7 heteroatoms. The van der Waals surface area contributed by atoms with Crippen molar-refractivity contribution in [1.29, 1.82) is 0 Å². The Morgan fingerprint density at radius 3 is 2.75 bits per heavy atom. The predicted molar refractivity (Wildman–Crippen MR) is 87.3 cm³/mol. The molecule has 2 aromatic heterocycles. The molecular formula is C17H13F2N3OS. The van der Waals surface area contributed by atoms with Gasteiger partial charge in [-0.3, -0.25) is 14.8 Å². The molecule has 0 spiro atoms. The fourth-order valence-corrected chi connectivity index (χ4v) is 2.86. The number of thiophene rings is 1. The number of nitrogens with zero attached hydrogens (tertiary/aromatic N) is 2. The normalized spacial score (nSPS) is 10.6. The summed E-state index contributed by atoms with van der Waals surface area (Å²) in [6, 6.07) is 5.08. The van der Waals surface area contributed by atoms with Crippen LogP contribution in [0, 0.1) is 11.6 Å². The lowest BCUT2D eigenvalue weighted by Crippen LogP contribution is -2.25. The Morgan fingerprint density at radius 1 is 1.17 bits per heavy atom. The zero-order valence-electron chi connectivity index (χ0n) is 12.5. The summed E-state index contributed by atoms with van der Waals surface area (Å²) in [5, 5.41) is 6.58. The van der Waals surface area contributed by atoms with E-state index in [2.05, 4.69) is 15.3 Å². The summed E-state index contributed by atoms with van der Waals surface area (Å²) in [5.41, 5.74) is 2.41. The van der Waals surface area contributed by atoms with Gasteiger partial charge in [0.2, 0.25) is 5.91 Å². The molecule has 4 nitrogen and oxygen atoms in total. The number of nitrogens with one attached hydrogen (secondary N) is 1. The zero-order valence-corrected chi connectivity index (χ0v) is 13.3. The maximum atomic E-state index is 13.6. The monoisotopic (exact) mass is 345 g/mol. The van der Waals surface area contributed by atoms with E-state index >= 15 is 0 Å². The van der Waals surface area contributed by atoms with Gasteiger partial charge >= 0.3 is 0 Å². The fraction of sp³-hybridized carbons (Fsp3) is 0.118. The molecule has 3 aromatic rings. The van der Waals surface area contributed by atoms with Crippen molar-refractivity contribution in [3.8, 4) is 11.3 Å². The standard InChI is InChI=1S/C17H13F2N3OS/c18-13-2-1-11(14(19)8-13)7-16(23)22-9-15-17(21-5-4-20-15)12-3-6-24-10-12/h1-6,8,10H,7,9H2,(H,22,23). The highest BCUT2D eigenvalue weighted by Crippen LogP contribution is 2.22. The summed E-state index contributed by atoms with van der Waals surface area (Å²) in [7, 11) is 0. The molecular weight excluding hydrogens is 332 g/mol. The third-order valence-electron chi connectivity index (χ3n) is 3.39. The molecule has 0 aliphatic carbocycles. The first-order valence-electron chi connectivity index (χ1n) is 7.16. The second-order valence-corrected chi connectivity index (χ2v) is 5.83. The molecule has 0 radical (unpaired) electrons. The van der Waals surface area contributed by atoms with Gasteiger partial charge in [0.25, 0.3) is 0 Å². The van der Waals surface area contributed by atoms with E-state index in [-0.39, 0.29) is 24.4 Å². The van der Waals surface area contributed by atoms with Gasteiger partial charge in [0, 0.05) is 29.4 Å². The number of rotatable bonds is 5. The Labute approximate surface area is 141 Å². The molecule has 0 fully saturated rings. The van der Waals surface area contributed by atoms with E-state index < -0.39 is 11.6 Å². The van der Waals surface area contributed by atoms with E-state index in [9.17, 15) is 13.6 Å². The summed E-state index contributed by atoms with van der Waals surface area (Å²) in [6.45, 7) is 0.181. The van der Waals surface area contributed by atoms with Gasteiger partial charge in [0.15, 0.2) is 0 Å². The number of aromatic nitrogens is 2. The highest BCUT2D eigenvalue weighted by molar-refractivity contribution is 7.08. The average Bonchev–Trinajstić information content (AvgIpc) is 3.10. The van der Waals surface area contributed by atoms with Crippen LogP contribution in [-0.4, -0.2) is 15.9 Å². The Kier molecular flexibility index (Phi) is 4.90. The number of halogens is 2. The molecule has 0 aliphatic heterocycles. The Balaban J connectivity index is 1.67. The van der Waals surface area contributed by atoms with Crippen molar-refractivity contribution in [3.05, 3.63) is 70.3 Å². The van der Waals surface area contributed by atoms with Gasteiger partial charge in [-0.2, -0.15) is 11.3 Å². The molecule has 3 rings (SSSR count). The van der Waals surface area contributed by atoms with E-state index in [0.29, 0.717) is 11.4 Å². The lowest BCUT2D eigenvalue weighted by Gasteiger charge is -2.08. The molecule has 2 heterocycles. The van der Waals surface area contributed by atoms with Crippen molar-refractivity contribution in [2.75, 3.05) is 0 Å². The Bertz CT molecular complexity index is 853. The molecule has 122 valence electrons. The van der Waals surface area contributed by atoms with Crippen LogP contribution in [0.4, 0.5) is 8.78 Å². The topological polar surface area (TPSA) is 54.9 Å². The molecule has 1 aromatic carbocycles. The first-order valence-corrected chi connectivity index (χ1v) is 8.11. The average molecular weight is 345 g/mol. The van der Waals surface area contributed by atoms with Crippen molar-refractivity contribution < 1.29 is 13.6 Å². The first kappa shape index (κ1) is 16.2. The lowest BCUT2D eigenvalue weighted by molar-refractivity contribution is -0.120. The number of carbonyl (C=O) groups excluding carboxylic acids is 1. The minimum absolute atomic E-state index is 0.145. The zero-order chi connectivity index (χ0) is 16.9. The summed E-state index contributed by atoms with van der Waals surface area (Å²) >= 11 is 1.54. The van der Waals surface area contributed by atoms with Crippen LogP contribution in [0.3, 0.4) is 0 Å². The minimum atomic E-state index is -0.733. The molecule has 1 amide bonds. The van der Waals surface area contributed by atoms with E-state index in [1.807, 2.05) is 16.8 Å². The van der Waals surface area contributed by atoms with Crippen LogP contribution >= 0.6 is 11.3 Å². The van der Waals surface area contributed by atoms with Crippen molar-refractivity contribution >= 4 is 17.2 Å². The van der Waals surface area contributed by atoms with Crippen LogP contribution in [0.15, 0.2) is 47.4 Å². The van der Waals surface area contributed by atoms with Gasteiger partial charge in [-0.1, -0.05) is 6.07 Å². The van der Waals surface area contributed by atoms with E-state index in [0.717, 1.165) is 17.7 Å². The number of hydrogen-bond donors (Lipinski definition) is 1. The van der Waals surface area contributed by atoms with Crippen molar-refractivity contribution in [2.45, 2.75) is 13.0 Å². The Hall–Kier alpha value is -2.67. The fourth-order valence-electron chi connectivity index (χ4n) is 2.22. The third-order valence-corrected chi connectivity index (χ3v) is 4.07. The van der Waals surface area contributed by atoms with Gasteiger partial charge in [-0.05, 0) is 23.1 Å². The molecule has 0 saturated heterocycles. The van der Waals surface area contributed by atoms with E-state index in [4.69, 9.17) is 0 Å². The smallest absolute Gasteiger partial charge is 0.224 e. The third kappa shape index (κ3) is 3.80. The summed E-state index contributed by atoms with van der Waals surface area (Å²) < 4.78 is 26.5. The number of benzene rings is 1. The number of hydrogen-bond acceptors (Lipinski definition) is 4. The second-order valence-electron chi connectivity index (χ2n) is 5.05. The quantitative estimate of drug-likeness (QED) is 0.772. The maximum absolute atomic E-state index is 13.6. The van der Waals surface area contributed by atoms with Gasteiger partial charge in [-0.25, -0.2) is 8.78 Å². The highest BCUT2D eigenvalue weighted by atomic mass is 32.1. The number of carbonyl (C=O) groups is 1. The predicted octanol–water partition coefficient (Wildman–Crippen LogP) is 3.34. The van der Waals surface area contributed by atoms with Gasteiger partial charge in [0.05, 0.1) is 24.4 Å². The van der Waals surface area contributed by atoms with E-state index in [1.165, 1.54) is 6.07 Å². The molecule has 0 aliphatic rings. The second kappa shape index (κ2) is 7.27. The van der Waals surface area contributed by atoms with Crippen LogP contribution in [-0.2, 0) is 17.8 Å². The highest BCUT2D eigenvalue weighted by Gasteiger charge is 2.12. The maximum Gasteiger partial charge on any atom is 0.224 e. The summed E-state index contributed by atoms with van der Waals surface area (Å²) in [6.07, 6.45) is 2.98. The lowest BCUT2D eigenvalue weighted by atomic mass is 10.1. The summed E-state index contributed by atoms with van der Waals surface area (Å²) in [4.78, 5) is 20.5. The van der Waals surface area contributed by atoms with Crippen molar-refractivity contribution in [1.82, 2.24) is 15.3 Å². The first-order chi connectivity index (χ1) is 11.6. The number of amides is 1. The van der Waals surface area contributed by atoms with Crippen LogP contribution in [0.5, 0.6) is 0 Å². The van der Waals surface area contributed by atoms with Gasteiger partial charge < -0.3 is 5.32 Å². The molecule has 0 atom stereocenters. The molecule has 0 unspecified atom stereocenters. The van der Waals surface area contributed by atoms with Crippen LogP contribution in [0.1, 0.15) is 11.3 Å². The largest absolute Gasteiger partial charge is 0.350 e. The van der Waals surface area contributed by atoms with Crippen LogP contribution in [0.25, 0.3) is 11.3 Å². The molecule has 0 saturated carbocycles. The van der Waals surface area contributed by atoms with Crippen LogP contribution in [0.2, 0.25) is 0 Å². The summed E-state index contributed by atoms with van der Waals surface area (Å²) in [5.74, 6) is -1.78. The SMILES string of the molecule is O=C(Cc1ccc(F)cc1F)NCc1nccnc1-c1ccsc1. The minimum Gasteiger partial charge on any atom is -0.350 e. The van der Waals surface area contributed by atoms with Crippen molar-refractivity contribution in [2.24, 2.45) is 0 Å². The van der Waals surface area contributed by atoms with Gasteiger partial charge in [-0.15, -0.1) is 0 Å². The Morgan fingerprint density at radius 2 is 2.00 bits per heavy atom. The van der Waals surface area contributed by atoms with Gasteiger partial charge in [0.1, 0.15) is 11.6 Å².